The summed E-state index contributed by atoms with van der Waals surface area (Å²) in [6.45, 7) is 0. The number of hydrogen-bond donors (Lipinski definition) is 2. The first-order valence-corrected chi connectivity index (χ1v) is 8.11. The van der Waals surface area contributed by atoms with Gasteiger partial charge in [-0.2, -0.15) is 18.2 Å². The lowest BCUT2D eigenvalue weighted by atomic mass is 10.2. The predicted octanol–water partition coefficient (Wildman–Crippen LogP) is 5.64. The maximum absolute atomic E-state index is 12.9. The summed E-state index contributed by atoms with van der Waals surface area (Å²) < 4.78 is 43.8. The van der Waals surface area contributed by atoms with E-state index < -0.39 is 11.7 Å². The Balaban J connectivity index is 1.82. The summed E-state index contributed by atoms with van der Waals surface area (Å²) in [7, 11) is 1.56. The lowest BCUT2D eigenvalue weighted by Crippen LogP contribution is -2.06. The molecule has 0 atom stereocenters. The van der Waals surface area contributed by atoms with Gasteiger partial charge in [0.2, 0.25) is 5.95 Å². The molecule has 0 unspecified atom stereocenters. The molecule has 0 amide bonds. The van der Waals surface area contributed by atoms with Gasteiger partial charge in [-0.05, 0) is 36.4 Å². The zero-order chi connectivity index (χ0) is 19.4. The van der Waals surface area contributed by atoms with Crippen LogP contribution in [0.5, 0.6) is 5.75 Å². The number of rotatable bonds is 5. The second-order valence-electron chi connectivity index (χ2n) is 5.44. The van der Waals surface area contributed by atoms with E-state index in [2.05, 4.69) is 20.6 Å². The zero-order valence-corrected chi connectivity index (χ0v) is 14.8. The van der Waals surface area contributed by atoms with E-state index >= 15 is 0 Å². The molecule has 5 nitrogen and oxygen atoms in total. The molecule has 3 aromatic rings. The van der Waals surface area contributed by atoms with Gasteiger partial charge in [-0.1, -0.05) is 17.7 Å². The van der Waals surface area contributed by atoms with Crippen LogP contribution < -0.4 is 15.4 Å². The normalized spacial score (nSPS) is 11.1. The van der Waals surface area contributed by atoms with Crippen LogP contribution in [-0.4, -0.2) is 17.1 Å². The Morgan fingerprint density at radius 1 is 1.04 bits per heavy atom. The second kappa shape index (κ2) is 7.71. The Bertz CT molecular complexity index is 950. The number of hydrogen-bond acceptors (Lipinski definition) is 5. The van der Waals surface area contributed by atoms with Crippen LogP contribution in [0.1, 0.15) is 5.56 Å². The number of alkyl halides is 3. The molecule has 1 aromatic heterocycles. The van der Waals surface area contributed by atoms with Crippen LogP contribution in [0.25, 0.3) is 0 Å². The van der Waals surface area contributed by atoms with Crippen molar-refractivity contribution in [1.82, 2.24) is 9.97 Å². The molecule has 2 N–H and O–H groups in total. The van der Waals surface area contributed by atoms with E-state index in [9.17, 15) is 13.2 Å². The van der Waals surface area contributed by atoms with Crippen LogP contribution in [0.3, 0.4) is 0 Å². The second-order valence-corrected chi connectivity index (χ2v) is 5.85. The average molecular weight is 395 g/mol. The van der Waals surface area contributed by atoms with Crippen molar-refractivity contribution in [2.24, 2.45) is 0 Å². The maximum atomic E-state index is 12.9. The third-order valence-corrected chi connectivity index (χ3v) is 3.87. The summed E-state index contributed by atoms with van der Waals surface area (Å²) in [5.74, 6) is 1.22. The van der Waals surface area contributed by atoms with E-state index in [1.165, 1.54) is 12.3 Å². The van der Waals surface area contributed by atoms with Crippen molar-refractivity contribution in [3.8, 4) is 5.75 Å². The van der Waals surface area contributed by atoms with Gasteiger partial charge in [0.05, 0.1) is 23.4 Å². The molecule has 9 heteroatoms. The minimum atomic E-state index is -4.47. The van der Waals surface area contributed by atoms with Crippen molar-refractivity contribution in [2.45, 2.75) is 6.18 Å². The average Bonchev–Trinajstić information content (AvgIpc) is 2.63. The molecule has 0 aliphatic heterocycles. The zero-order valence-electron chi connectivity index (χ0n) is 14.0. The highest BCUT2D eigenvalue weighted by Crippen LogP contribution is 2.34. The Hall–Kier alpha value is -3.00. The number of benzene rings is 2. The Kier molecular flexibility index (Phi) is 5.36. The van der Waals surface area contributed by atoms with Crippen LogP contribution in [0.4, 0.5) is 36.3 Å². The molecular weight excluding hydrogens is 381 g/mol. The first-order valence-electron chi connectivity index (χ1n) is 7.73. The van der Waals surface area contributed by atoms with Gasteiger partial charge in [-0.3, -0.25) is 0 Å². The van der Waals surface area contributed by atoms with Gasteiger partial charge in [0.25, 0.3) is 0 Å². The summed E-state index contributed by atoms with van der Waals surface area (Å²) in [6.07, 6.45) is -3.00. The van der Waals surface area contributed by atoms with Crippen molar-refractivity contribution in [1.29, 1.82) is 0 Å². The molecule has 0 fully saturated rings. The SMILES string of the molecule is COc1cccc(Nc2ccnc(Nc3cc(C(F)(F)F)ccc3Cl)n2)c1. The van der Waals surface area contributed by atoms with Crippen LogP contribution >= 0.6 is 11.6 Å². The van der Waals surface area contributed by atoms with Gasteiger partial charge >= 0.3 is 6.18 Å². The van der Waals surface area contributed by atoms with E-state index in [1.54, 1.807) is 25.3 Å². The quantitative estimate of drug-likeness (QED) is 0.586. The molecule has 0 saturated heterocycles. The summed E-state index contributed by atoms with van der Waals surface area (Å²) >= 11 is 5.98. The topological polar surface area (TPSA) is 59.1 Å². The molecule has 140 valence electrons. The summed E-state index contributed by atoms with van der Waals surface area (Å²) in [5, 5.41) is 5.91. The van der Waals surface area contributed by atoms with Crippen molar-refractivity contribution in [3.05, 3.63) is 65.3 Å². The number of anilines is 4. The first-order chi connectivity index (χ1) is 12.8. The van der Waals surface area contributed by atoms with Crippen molar-refractivity contribution >= 4 is 34.7 Å². The third kappa shape index (κ3) is 4.79. The van der Waals surface area contributed by atoms with Crippen LogP contribution in [0.15, 0.2) is 54.7 Å². The fourth-order valence-electron chi connectivity index (χ4n) is 2.26. The smallest absolute Gasteiger partial charge is 0.416 e. The van der Waals surface area contributed by atoms with Gasteiger partial charge in [0.1, 0.15) is 11.6 Å². The molecule has 1 heterocycles. The van der Waals surface area contributed by atoms with Gasteiger partial charge in [0.15, 0.2) is 0 Å². The van der Waals surface area contributed by atoms with E-state index in [-0.39, 0.29) is 16.7 Å². The van der Waals surface area contributed by atoms with Gasteiger partial charge in [-0.15, -0.1) is 0 Å². The number of aromatic nitrogens is 2. The lowest BCUT2D eigenvalue weighted by Gasteiger charge is -2.12. The molecule has 2 aromatic carbocycles. The molecule has 27 heavy (non-hydrogen) atoms. The number of halogens is 4. The Morgan fingerprint density at radius 2 is 1.85 bits per heavy atom. The van der Waals surface area contributed by atoms with Gasteiger partial charge in [-0.25, -0.2) is 4.98 Å². The monoisotopic (exact) mass is 394 g/mol. The van der Waals surface area contributed by atoms with Crippen molar-refractivity contribution in [2.75, 3.05) is 17.7 Å². The van der Waals surface area contributed by atoms with Crippen LogP contribution in [-0.2, 0) is 6.18 Å². The van der Waals surface area contributed by atoms with Crippen molar-refractivity contribution in [3.63, 3.8) is 0 Å². The van der Waals surface area contributed by atoms with E-state index in [1.807, 2.05) is 12.1 Å². The first kappa shape index (κ1) is 18.8. The van der Waals surface area contributed by atoms with Gasteiger partial charge in [0, 0.05) is 18.0 Å². The molecule has 3 rings (SSSR count). The largest absolute Gasteiger partial charge is 0.497 e. The van der Waals surface area contributed by atoms with Crippen LogP contribution in [0.2, 0.25) is 5.02 Å². The number of methoxy groups -OCH3 is 1. The number of nitrogens with zero attached hydrogens (tertiary/aromatic N) is 2. The highest BCUT2D eigenvalue weighted by molar-refractivity contribution is 6.33. The molecule has 0 aliphatic rings. The van der Waals surface area contributed by atoms with E-state index in [0.717, 1.165) is 17.8 Å². The highest BCUT2D eigenvalue weighted by atomic mass is 35.5. The molecule has 0 bridgehead atoms. The molecule has 0 spiro atoms. The third-order valence-electron chi connectivity index (χ3n) is 3.54. The molecule has 0 saturated carbocycles. The highest BCUT2D eigenvalue weighted by Gasteiger charge is 2.31. The Labute approximate surface area is 158 Å². The minimum absolute atomic E-state index is 0.0602. The van der Waals surface area contributed by atoms with E-state index in [4.69, 9.17) is 16.3 Å². The minimum Gasteiger partial charge on any atom is -0.497 e. The molecule has 0 aliphatic carbocycles. The fraction of sp³-hybridized carbons (Fsp3) is 0.111. The summed E-state index contributed by atoms with van der Waals surface area (Å²) in [6, 6.07) is 11.8. The van der Waals surface area contributed by atoms with Crippen molar-refractivity contribution < 1.29 is 17.9 Å². The standard InChI is InChI=1S/C18H14ClF3N4O/c1-27-13-4-2-3-12(10-13)24-16-7-8-23-17(26-16)25-15-9-11(18(20,21)22)5-6-14(15)19/h2-10H,1H3,(H2,23,24,25,26). The number of nitrogens with one attached hydrogen (secondary N) is 2. The van der Waals surface area contributed by atoms with E-state index in [0.29, 0.717) is 11.6 Å². The molecular formula is C18H14ClF3N4O. The Morgan fingerprint density at radius 3 is 2.59 bits per heavy atom. The predicted molar refractivity (Wildman–Crippen MR) is 98.0 cm³/mol. The van der Waals surface area contributed by atoms with Gasteiger partial charge < -0.3 is 15.4 Å². The number of ether oxygens (including phenoxy) is 1. The van der Waals surface area contributed by atoms with Crippen LogP contribution in [0, 0.1) is 0 Å². The fourth-order valence-corrected chi connectivity index (χ4v) is 2.42. The molecule has 0 radical (unpaired) electrons. The summed E-state index contributed by atoms with van der Waals surface area (Å²) in [5.41, 5.74) is -0.0267. The summed E-state index contributed by atoms with van der Waals surface area (Å²) in [4.78, 5) is 8.25. The lowest BCUT2D eigenvalue weighted by molar-refractivity contribution is -0.137. The maximum Gasteiger partial charge on any atom is 0.416 e.